The van der Waals surface area contributed by atoms with Gasteiger partial charge in [-0.3, -0.25) is 0 Å². The van der Waals surface area contributed by atoms with Crippen molar-refractivity contribution in [1.82, 2.24) is 4.98 Å². The first kappa shape index (κ1) is 14.8. The molecule has 0 amide bonds. The van der Waals surface area contributed by atoms with E-state index in [2.05, 4.69) is 11.9 Å². The maximum Gasteiger partial charge on any atom is 0.339 e. The number of rotatable bonds is 5. The molecule has 1 aromatic rings. The zero-order valence-electron chi connectivity index (χ0n) is 12.3. The van der Waals surface area contributed by atoms with E-state index in [4.69, 9.17) is 9.47 Å². The molecule has 1 saturated carbocycles. The highest BCUT2D eigenvalue weighted by Gasteiger charge is 2.22. The van der Waals surface area contributed by atoms with Gasteiger partial charge in [-0.2, -0.15) is 0 Å². The third-order valence-corrected chi connectivity index (χ3v) is 3.85. The predicted molar refractivity (Wildman–Crippen MR) is 76.9 cm³/mol. The fourth-order valence-electron chi connectivity index (χ4n) is 2.68. The number of esters is 1. The Hall–Kier alpha value is -1.58. The van der Waals surface area contributed by atoms with Crippen LogP contribution in [0.4, 0.5) is 0 Å². The van der Waals surface area contributed by atoms with E-state index in [1.807, 2.05) is 0 Å². The van der Waals surface area contributed by atoms with Crippen molar-refractivity contribution in [2.24, 2.45) is 5.92 Å². The van der Waals surface area contributed by atoms with Gasteiger partial charge in [0.25, 0.3) is 0 Å². The van der Waals surface area contributed by atoms with Crippen molar-refractivity contribution in [3.63, 3.8) is 0 Å². The van der Waals surface area contributed by atoms with E-state index in [0.717, 1.165) is 18.8 Å². The van der Waals surface area contributed by atoms with Gasteiger partial charge in [0, 0.05) is 12.3 Å². The lowest BCUT2D eigenvalue weighted by atomic mass is 9.85. The highest BCUT2D eigenvalue weighted by Crippen LogP contribution is 2.29. The lowest BCUT2D eigenvalue weighted by Gasteiger charge is -2.28. The lowest BCUT2D eigenvalue weighted by molar-refractivity contribution is 0.0525. The Bertz CT molecular complexity index is 430. The van der Waals surface area contributed by atoms with E-state index in [0.29, 0.717) is 18.1 Å². The van der Waals surface area contributed by atoms with Crippen molar-refractivity contribution in [2.45, 2.75) is 52.1 Å². The molecule has 0 saturated heterocycles. The standard InChI is InChI=1S/C16H23NO3/c1-3-12-6-5-7-14(10-12)20-15-9-8-13(11-17-15)16(18)19-4-2/h8-9,11-12,14H,3-7,10H2,1-2H3. The van der Waals surface area contributed by atoms with E-state index in [1.165, 1.54) is 25.5 Å². The van der Waals surface area contributed by atoms with Crippen LogP contribution in [0.3, 0.4) is 0 Å². The molecule has 2 rings (SSSR count). The van der Waals surface area contributed by atoms with E-state index in [-0.39, 0.29) is 12.1 Å². The Morgan fingerprint density at radius 3 is 2.85 bits per heavy atom. The fourth-order valence-corrected chi connectivity index (χ4v) is 2.68. The summed E-state index contributed by atoms with van der Waals surface area (Å²) in [5.41, 5.74) is 0.467. The molecule has 110 valence electrons. The van der Waals surface area contributed by atoms with Crippen LogP contribution in [0.25, 0.3) is 0 Å². The summed E-state index contributed by atoms with van der Waals surface area (Å²) in [6.45, 7) is 4.40. The average Bonchev–Trinajstić information content (AvgIpc) is 2.48. The van der Waals surface area contributed by atoms with Crippen LogP contribution in [0.15, 0.2) is 18.3 Å². The summed E-state index contributed by atoms with van der Waals surface area (Å²) in [5.74, 6) is 1.03. The minimum atomic E-state index is -0.338. The Kier molecular flexibility index (Phi) is 5.39. The van der Waals surface area contributed by atoms with Gasteiger partial charge in [-0.25, -0.2) is 9.78 Å². The first-order valence-electron chi connectivity index (χ1n) is 7.52. The van der Waals surface area contributed by atoms with E-state index >= 15 is 0 Å². The molecule has 4 nitrogen and oxygen atoms in total. The molecular formula is C16H23NO3. The molecule has 1 aromatic heterocycles. The van der Waals surface area contributed by atoms with Crippen LogP contribution in [0, 0.1) is 5.92 Å². The summed E-state index contributed by atoms with van der Waals surface area (Å²) in [7, 11) is 0. The van der Waals surface area contributed by atoms with Crippen LogP contribution in [0.1, 0.15) is 56.3 Å². The van der Waals surface area contributed by atoms with Crippen LogP contribution < -0.4 is 4.74 Å². The van der Waals surface area contributed by atoms with Crippen LogP contribution in [0.2, 0.25) is 0 Å². The summed E-state index contributed by atoms with van der Waals surface area (Å²) < 4.78 is 10.8. The fraction of sp³-hybridized carbons (Fsp3) is 0.625. The predicted octanol–water partition coefficient (Wildman–Crippen LogP) is 3.61. The Morgan fingerprint density at radius 2 is 2.20 bits per heavy atom. The van der Waals surface area contributed by atoms with Crippen molar-refractivity contribution in [3.8, 4) is 5.88 Å². The van der Waals surface area contributed by atoms with Gasteiger partial charge in [-0.15, -0.1) is 0 Å². The maximum atomic E-state index is 11.5. The maximum absolute atomic E-state index is 11.5. The number of aromatic nitrogens is 1. The highest BCUT2D eigenvalue weighted by atomic mass is 16.5. The quantitative estimate of drug-likeness (QED) is 0.771. The number of carbonyl (C=O) groups excluding carboxylic acids is 1. The van der Waals surface area contributed by atoms with E-state index in [1.54, 1.807) is 19.1 Å². The van der Waals surface area contributed by atoms with Gasteiger partial charge in [-0.05, 0) is 38.2 Å². The molecular weight excluding hydrogens is 254 g/mol. The van der Waals surface area contributed by atoms with Crippen molar-refractivity contribution < 1.29 is 14.3 Å². The molecule has 0 spiro atoms. The summed E-state index contributed by atoms with van der Waals surface area (Å²) in [5, 5.41) is 0. The van der Waals surface area contributed by atoms with Crippen molar-refractivity contribution in [1.29, 1.82) is 0 Å². The van der Waals surface area contributed by atoms with E-state index < -0.39 is 0 Å². The molecule has 0 bridgehead atoms. The molecule has 1 fully saturated rings. The molecule has 0 radical (unpaired) electrons. The lowest BCUT2D eigenvalue weighted by Crippen LogP contribution is -2.25. The second-order valence-electron chi connectivity index (χ2n) is 5.29. The SMILES string of the molecule is CCOC(=O)c1ccc(OC2CCCC(CC)C2)nc1. The second kappa shape index (κ2) is 7.27. The molecule has 2 atom stereocenters. The van der Waals surface area contributed by atoms with Gasteiger partial charge in [0.1, 0.15) is 6.10 Å². The zero-order valence-corrected chi connectivity index (χ0v) is 12.3. The second-order valence-corrected chi connectivity index (χ2v) is 5.29. The largest absolute Gasteiger partial charge is 0.474 e. The molecule has 2 unspecified atom stereocenters. The number of nitrogens with zero attached hydrogens (tertiary/aromatic N) is 1. The number of ether oxygens (including phenoxy) is 2. The smallest absolute Gasteiger partial charge is 0.339 e. The molecule has 1 heterocycles. The van der Waals surface area contributed by atoms with Gasteiger partial charge < -0.3 is 9.47 Å². The Morgan fingerprint density at radius 1 is 1.35 bits per heavy atom. The first-order chi connectivity index (χ1) is 9.72. The van der Waals surface area contributed by atoms with Gasteiger partial charge >= 0.3 is 5.97 Å². The summed E-state index contributed by atoms with van der Waals surface area (Å²) in [6, 6.07) is 3.46. The van der Waals surface area contributed by atoms with Crippen LogP contribution >= 0.6 is 0 Å². The van der Waals surface area contributed by atoms with Gasteiger partial charge in [0.2, 0.25) is 5.88 Å². The molecule has 20 heavy (non-hydrogen) atoms. The van der Waals surface area contributed by atoms with Gasteiger partial charge in [0.15, 0.2) is 0 Å². The van der Waals surface area contributed by atoms with Gasteiger partial charge in [0.05, 0.1) is 12.2 Å². The van der Waals surface area contributed by atoms with Gasteiger partial charge in [-0.1, -0.05) is 19.8 Å². The topological polar surface area (TPSA) is 48.4 Å². The minimum Gasteiger partial charge on any atom is -0.474 e. The van der Waals surface area contributed by atoms with Crippen molar-refractivity contribution >= 4 is 5.97 Å². The van der Waals surface area contributed by atoms with Crippen molar-refractivity contribution in [3.05, 3.63) is 23.9 Å². The Balaban J connectivity index is 1.91. The molecule has 0 aromatic carbocycles. The van der Waals surface area contributed by atoms with Crippen LogP contribution in [0.5, 0.6) is 5.88 Å². The van der Waals surface area contributed by atoms with E-state index in [9.17, 15) is 4.79 Å². The molecule has 1 aliphatic rings. The third-order valence-electron chi connectivity index (χ3n) is 3.85. The zero-order chi connectivity index (χ0) is 14.4. The number of pyridine rings is 1. The normalized spacial score (nSPS) is 22.3. The van der Waals surface area contributed by atoms with Crippen molar-refractivity contribution in [2.75, 3.05) is 6.61 Å². The summed E-state index contributed by atoms with van der Waals surface area (Å²) in [4.78, 5) is 15.7. The van der Waals surface area contributed by atoms with Crippen LogP contribution in [-0.2, 0) is 4.74 Å². The Labute approximate surface area is 120 Å². The molecule has 1 aliphatic carbocycles. The molecule has 0 N–H and O–H groups in total. The number of hydrogen-bond acceptors (Lipinski definition) is 4. The number of hydrogen-bond donors (Lipinski definition) is 0. The minimum absolute atomic E-state index is 0.259. The first-order valence-corrected chi connectivity index (χ1v) is 7.52. The highest BCUT2D eigenvalue weighted by molar-refractivity contribution is 5.89. The third kappa shape index (κ3) is 3.95. The summed E-state index contributed by atoms with van der Waals surface area (Å²) >= 11 is 0. The van der Waals surface area contributed by atoms with Crippen LogP contribution in [-0.4, -0.2) is 23.7 Å². The monoisotopic (exact) mass is 277 g/mol. The number of carbonyl (C=O) groups is 1. The summed E-state index contributed by atoms with van der Waals surface area (Å²) in [6.07, 6.45) is 7.74. The molecule has 0 aliphatic heterocycles. The average molecular weight is 277 g/mol. The molecule has 4 heteroatoms.